The second-order valence-corrected chi connectivity index (χ2v) is 5.10. The van der Waals surface area contributed by atoms with Gasteiger partial charge in [-0.05, 0) is 26.2 Å². The number of hydrogen-bond donors (Lipinski definition) is 0. The van der Waals surface area contributed by atoms with Crippen LogP contribution in [0.1, 0.15) is 26.2 Å². The molecule has 1 aliphatic rings. The largest absolute Gasteiger partial charge is 0.308 e. The third-order valence-corrected chi connectivity index (χ3v) is 3.83. The summed E-state index contributed by atoms with van der Waals surface area (Å²) in [5, 5.41) is 8.42. The summed E-state index contributed by atoms with van der Waals surface area (Å²) in [6, 6.07) is 1.90. The molecule has 0 N–H and O–H groups in total. The van der Waals surface area contributed by atoms with Gasteiger partial charge < -0.3 is 0 Å². The fourth-order valence-electron chi connectivity index (χ4n) is 1.29. The molecular formula is C7H10FNO2S. The summed E-state index contributed by atoms with van der Waals surface area (Å²) >= 11 is 0. The van der Waals surface area contributed by atoms with Crippen LogP contribution in [-0.4, -0.2) is 13.2 Å². The molecule has 0 bridgehead atoms. The van der Waals surface area contributed by atoms with Crippen molar-refractivity contribution in [3.05, 3.63) is 0 Å². The van der Waals surface area contributed by atoms with E-state index >= 15 is 0 Å². The molecule has 1 unspecified atom stereocenters. The lowest BCUT2D eigenvalue weighted by Crippen LogP contribution is -2.21. The van der Waals surface area contributed by atoms with E-state index in [0.29, 0.717) is 12.8 Å². The zero-order valence-corrected chi connectivity index (χ0v) is 7.57. The van der Waals surface area contributed by atoms with Crippen LogP contribution in [0.2, 0.25) is 0 Å². The highest BCUT2D eigenvalue weighted by molar-refractivity contribution is 7.88. The van der Waals surface area contributed by atoms with Crippen molar-refractivity contribution in [2.24, 2.45) is 5.92 Å². The number of rotatable bonds is 3. The van der Waals surface area contributed by atoms with Gasteiger partial charge in [0.15, 0.2) is 0 Å². The Balaban J connectivity index is 2.71. The van der Waals surface area contributed by atoms with Crippen LogP contribution in [0.15, 0.2) is 0 Å². The van der Waals surface area contributed by atoms with E-state index in [4.69, 9.17) is 5.26 Å². The predicted octanol–water partition coefficient (Wildman–Crippen LogP) is 1.37. The van der Waals surface area contributed by atoms with Crippen molar-refractivity contribution in [1.29, 1.82) is 5.26 Å². The van der Waals surface area contributed by atoms with Crippen LogP contribution in [0.3, 0.4) is 0 Å². The Kier molecular flexibility index (Phi) is 2.13. The van der Waals surface area contributed by atoms with Gasteiger partial charge in [0.2, 0.25) is 0 Å². The first-order valence-corrected chi connectivity index (χ1v) is 5.13. The molecule has 0 saturated heterocycles. The fraction of sp³-hybridized carbons (Fsp3) is 0.857. The third-order valence-electron chi connectivity index (χ3n) is 2.22. The van der Waals surface area contributed by atoms with Crippen molar-refractivity contribution in [2.45, 2.75) is 30.9 Å². The van der Waals surface area contributed by atoms with Crippen molar-refractivity contribution >= 4 is 10.2 Å². The Morgan fingerprint density at radius 3 is 2.42 bits per heavy atom. The van der Waals surface area contributed by atoms with Crippen LogP contribution in [0.5, 0.6) is 0 Å². The molecule has 1 fully saturated rings. The molecule has 0 aliphatic heterocycles. The summed E-state index contributed by atoms with van der Waals surface area (Å²) in [6.07, 6.45) is 0.845. The molecule has 0 aromatic carbocycles. The van der Waals surface area contributed by atoms with Gasteiger partial charge in [-0.15, -0.1) is 3.89 Å². The van der Waals surface area contributed by atoms with E-state index in [-0.39, 0.29) is 6.42 Å². The first kappa shape index (κ1) is 9.46. The lowest BCUT2D eigenvalue weighted by atomic mass is 10.1. The molecule has 12 heavy (non-hydrogen) atoms. The Morgan fingerprint density at radius 2 is 2.17 bits per heavy atom. The fourth-order valence-corrected chi connectivity index (χ4v) is 2.33. The minimum Gasteiger partial charge on any atom is -0.198 e. The van der Waals surface area contributed by atoms with Crippen molar-refractivity contribution in [1.82, 2.24) is 0 Å². The molecule has 0 aromatic rings. The Hall–Kier alpha value is -0.630. The highest BCUT2D eigenvalue weighted by Crippen LogP contribution is 2.49. The molecule has 0 amide bonds. The summed E-state index contributed by atoms with van der Waals surface area (Å²) in [5.74, 6) is -0.391. The average molecular weight is 191 g/mol. The van der Waals surface area contributed by atoms with E-state index in [1.807, 2.05) is 6.07 Å². The van der Waals surface area contributed by atoms with Gasteiger partial charge in [-0.25, -0.2) is 0 Å². The molecule has 1 rings (SSSR count). The van der Waals surface area contributed by atoms with Crippen molar-refractivity contribution in [2.75, 3.05) is 0 Å². The maximum Gasteiger partial charge on any atom is 0.308 e. The van der Waals surface area contributed by atoms with Gasteiger partial charge in [0.1, 0.15) is 4.75 Å². The molecule has 0 aromatic heterocycles. The van der Waals surface area contributed by atoms with Crippen molar-refractivity contribution in [3.63, 3.8) is 0 Å². The van der Waals surface area contributed by atoms with Crippen LogP contribution in [-0.2, 0) is 10.2 Å². The molecule has 68 valence electrons. The summed E-state index contributed by atoms with van der Waals surface area (Å²) in [5.41, 5.74) is 0. The molecule has 1 aliphatic carbocycles. The quantitative estimate of drug-likeness (QED) is 0.633. The smallest absolute Gasteiger partial charge is 0.198 e. The molecule has 0 radical (unpaired) electrons. The van der Waals surface area contributed by atoms with Crippen LogP contribution in [0.25, 0.3) is 0 Å². The van der Waals surface area contributed by atoms with E-state index in [9.17, 15) is 12.3 Å². The summed E-state index contributed by atoms with van der Waals surface area (Å²) < 4.78 is 32.6. The Morgan fingerprint density at radius 1 is 1.67 bits per heavy atom. The van der Waals surface area contributed by atoms with Gasteiger partial charge >= 0.3 is 10.2 Å². The second kappa shape index (κ2) is 2.70. The van der Waals surface area contributed by atoms with E-state index in [0.717, 1.165) is 0 Å². The zero-order chi connectivity index (χ0) is 9.41. The number of halogens is 1. The van der Waals surface area contributed by atoms with Crippen molar-refractivity contribution in [3.8, 4) is 6.07 Å². The van der Waals surface area contributed by atoms with Crippen LogP contribution >= 0.6 is 0 Å². The van der Waals surface area contributed by atoms with Gasteiger partial charge in [0.05, 0.1) is 6.07 Å². The normalized spacial score (nSPS) is 22.8. The maximum absolute atomic E-state index is 12.6. The first-order chi connectivity index (χ1) is 5.41. The van der Waals surface area contributed by atoms with Gasteiger partial charge in [-0.3, -0.25) is 0 Å². The summed E-state index contributed by atoms with van der Waals surface area (Å²) in [6.45, 7) is 1.60. The first-order valence-electron chi connectivity index (χ1n) is 3.75. The minimum absolute atomic E-state index is 0.127. The second-order valence-electron chi connectivity index (χ2n) is 3.36. The van der Waals surface area contributed by atoms with Gasteiger partial charge in [-0.1, -0.05) is 0 Å². The highest BCUT2D eigenvalue weighted by Gasteiger charge is 2.55. The number of nitrogens with zero attached hydrogens (tertiary/aromatic N) is 1. The third kappa shape index (κ3) is 1.58. The van der Waals surface area contributed by atoms with E-state index < -0.39 is 20.9 Å². The van der Waals surface area contributed by atoms with Gasteiger partial charge in [-0.2, -0.15) is 13.7 Å². The lowest BCUT2D eigenvalue weighted by Gasteiger charge is -2.10. The van der Waals surface area contributed by atoms with E-state index in [1.165, 1.54) is 0 Å². The zero-order valence-electron chi connectivity index (χ0n) is 6.75. The predicted molar refractivity (Wildman–Crippen MR) is 41.4 cm³/mol. The Labute approximate surface area is 71.4 Å². The van der Waals surface area contributed by atoms with Crippen LogP contribution in [0, 0.1) is 17.2 Å². The number of hydrogen-bond acceptors (Lipinski definition) is 3. The van der Waals surface area contributed by atoms with Crippen molar-refractivity contribution < 1.29 is 12.3 Å². The van der Waals surface area contributed by atoms with Gasteiger partial charge in [0.25, 0.3) is 0 Å². The van der Waals surface area contributed by atoms with E-state index in [2.05, 4.69) is 0 Å². The van der Waals surface area contributed by atoms with Crippen LogP contribution in [0.4, 0.5) is 3.89 Å². The summed E-state index contributed by atoms with van der Waals surface area (Å²) in [4.78, 5) is 0. The molecule has 3 nitrogen and oxygen atoms in total. The SMILES string of the molecule is CC(C#N)CC1(S(=O)(=O)F)CC1. The van der Waals surface area contributed by atoms with E-state index in [1.54, 1.807) is 6.92 Å². The molecular weight excluding hydrogens is 181 g/mol. The number of nitriles is 1. The molecule has 1 saturated carbocycles. The highest BCUT2D eigenvalue weighted by atomic mass is 32.3. The topological polar surface area (TPSA) is 57.9 Å². The molecule has 0 heterocycles. The molecule has 0 spiro atoms. The minimum atomic E-state index is -4.45. The lowest BCUT2D eigenvalue weighted by molar-refractivity contribution is 0.506. The monoisotopic (exact) mass is 191 g/mol. The average Bonchev–Trinajstić information content (AvgIpc) is 2.67. The maximum atomic E-state index is 12.6. The Bertz CT molecular complexity index is 313. The molecule has 1 atom stereocenters. The molecule has 5 heteroatoms. The van der Waals surface area contributed by atoms with Gasteiger partial charge in [0, 0.05) is 5.92 Å². The standard InChI is InChI=1S/C7H10FNO2S/c1-6(5-9)4-7(2-3-7)12(8,10)11/h6H,2-4H2,1H3. The summed E-state index contributed by atoms with van der Waals surface area (Å²) in [7, 11) is -4.45. The van der Waals surface area contributed by atoms with Crippen LogP contribution < -0.4 is 0 Å².